The van der Waals surface area contributed by atoms with Crippen LogP contribution in [0.2, 0.25) is 0 Å². The number of amides is 1. The normalized spacial score (nSPS) is 25.6. The van der Waals surface area contributed by atoms with Crippen molar-refractivity contribution in [3.8, 4) is 0 Å². The Balaban J connectivity index is 2.13. The van der Waals surface area contributed by atoms with E-state index in [4.69, 9.17) is 5.73 Å². The molecule has 3 N–H and O–H groups in total. The first-order valence-corrected chi connectivity index (χ1v) is 8.20. The summed E-state index contributed by atoms with van der Waals surface area (Å²) in [6.45, 7) is 4.86. The summed E-state index contributed by atoms with van der Waals surface area (Å²) < 4.78 is 0. The second-order valence-electron chi connectivity index (χ2n) is 6.53. The fourth-order valence-corrected chi connectivity index (χ4v) is 3.22. The smallest absolute Gasteiger partial charge is 0.231 e. The third kappa shape index (κ3) is 3.65. The predicted molar refractivity (Wildman–Crippen MR) is 88.2 cm³/mol. The molecule has 0 saturated heterocycles. The van der Waals surface area contributed by atoms with E-state index in [0.717, 1.165) is 44.2 Å². The molecule has 0 bridgehead atoms. The van der Waals surface area contributed by atoms with E-state index >= 15 is 0 Å². The summed E-state index contributed by atoms with van der Waals surface area (Å²) in [5, 5.41) is 3.15. The number of benzene rings is 1. The van der Waals surface area contributed by atoms with E-state index in [2.05, 4.69) is 25.2 Å². The van der Waals surface area contributed by atoms with Gasteiger partial charge in [0.25, 0.3) is 0 Å². The topological polar surface area (TPSA) is 55.1 Å². The van der Waals surface area contributed by atoms with Gasteiger partial charge in [0, 0.05) is 12.2 Å². The number of para-hydroxylation sites is 1. The van der Waals surface area contributed by atoms with Gasteiger partial charge in [-0.1, -0.05) is 38.5 Å². The van der Waals surface area contributed by atoms with Gasteiger partial charge in [-0.2, -0.15) is 0 Å². The molecule has 3 nitrogen and oxygen atoms in total. The Hall–Kier alpha value is -1.35. The number of nitrogens with two attached hydrogens (primary N) is 1. The first-order valence-electron chi connectivity index (χ1n) is 8.20. The molecule has 0 aromatic heterocycles. The van der Waals surface area contributed by atoms with Crippen LogP contribution in [0.15, 0.2) is 24.3 Å². The molecular weight excluding hydrogens is 260 g/mol. The van der Waals surface area contributed by atoms with Gasteiger partial charge < -0.3 is 11.1 Å². The Morgan fingerprint density at radius 3 is 2.62 bits per heavy atom. The fraction of sp³-hybridized carbons (Fsp3) is 0.611. The second-order valence-corrected chi connectivity index (χ2v) is 6.53. The van der Waals surface area contributed by atoms with Gasteiger partial charge in [0.15, 0.2) is 0 Å². The average Bonchev–Trinajstić information content (AvgIpc) is 2.50. The summed E-state index contributed by atoms with van der Waals surface area (Å²) in [6.07, 6.45) is 6.08. The molecule has 116 valence electrons. The molecule has 0 spiro atoms. The Bertz CT molecular complexity index is 476. The highest BCUT2D eigenvalue weighted by atomic mass is 16.2. The molecule has 1 aliphatic carbocycles. The number of rotatable bonds is 5. The minimum Gasteiger partial charge on any atom is -0.329 e. The Kier molecular flexibility index (Phi) is 5.40. The molecule has 2 rings (SSSR count). The maximum absolute atomic E-state index is 12.8. The van der Waals surface area contributed by atoms with Gasteiger partial charge in [-0.05, 0) is 49.7 Å². The van der Waals surface area contributed by atoms with E-state index in [-0.39, 0.29) is 11.3 Å². The quantitative estimate of drug-likeness (QED) is 0.867. The van der Waals surface area contributed by atoms with Crippen molar-refractivity contribution >= 4 is 11.6 Å². The van der Waals surface area contributed by atoms with Crippen molar-refractivity contribution in [3.05, 3.63) is 29.8 Å². The van der Waals surface area contributed by atoms with Gasteiger partial charge in [-0.15, -0.1) is 0 Å². The molecule has 0 aliphatic heterocycles. The van der Waals surface area contributed by atoms with Crippen molar-refractivity contribution in [1.29, 1.82) is 0 Å². The summed E-state index contributed by atoms with van der Waals surface area (Å²) >= 11 is 0. The molecule has 0 heterocycles. The first kappa shape index (κ1) is 16.0. The summed E-state index contributed by atoms with van der Waals surface area (Å²) in [7, 11) is 0. The summed E-state index contributed by atoms with van der Waals surface area (Å²) in [5.41, 5.74) is 7.77. The number of carbonyl (C=O) groups is 1. The molecule has 3 heteroatoms. The SMILES string of the molecule is CCCc1ccccc1NC(=O)C1(CN)CCC(C)CC1. The standard InChI is InChI=1S/C18H28N2O/c1-3-6-15-7-4-5-8-16(15)20-17(21)18(13-19)11-9-14(2)10-12-18/h4-5,7-8,14H,3,6,9-13,19H2,1-2H3,(H,20,21). The second kappa shape index (κ2) is 7.08. The predicted octanol–water partition coefficient (Wildman–Crippen LogP) is 3.73. The molecule has 1 fully saturated rings. The van der Waals surface area contributed by atoms with E-state index < -0.39 is 0 Å². The van der Waals surface area contributed by atoms with Crippen LogP contribution in [0.4, 0.5) is 5.69 Å². The van der Waals surface area contributed by atoms with Crippen molar-refractivity contribution in [2.24, 2.45) is 17.1 Å². The van der Waals surface area contributed by atoms with Gasteiger partial charge in [0.2, 0.25) is 5.91 Å². The van der Waals surface area contributed by atoms with Crippen LogP contribution in [0.25, 0.3) is 0 Å². The number of carbonyl (C=O) groups excluding carboxylic acids is 1. The van der Waals surface area contributed by atoms with Gasteiger partial charge in [-0.3, -0.25) is 4.79 Å². The lowest BCUT2D eigenvalue weighted by Crippen LogP contribution is -2.45. The van der Waals surface area contributed by atoms with E-state index in [1.165, 1.54) is 5.56 Å². The van der Waals surface area contributed by atoms with Crippen molar-refractivity contribution in [1.82, 2.24) is 0 Å². The van der Waals surface area contributed by atoms with Gasteiger partial charge in [0.05, 0.1) is 5.41 Å². The van der Waals surface area contributed by atoms with Gasteiger partial charge in [-0.25, -0.2) is 0 Å². The largest absolute Gasteiger partial charge is 0.329 e. The van der Waals surface area contributed by atoms with Crippen LogP contribution < -0.4 is 11.1 Å². The highest BCUT2D eigenvalue weighted by molar-refractivity contribution is 5.96. The molecule has 0 radical (unpaired) electrons. The molecule has 1 aliphatic rings. The summed E-state index contributed by atoms with van der Waals surface area (Å²) in [5.74, 6) is 0.824. The van der Waals surface area contributed by atoms with Crippen molar-refractivity contribution in [2.45, 2.75) is 52.4 Å². The molecule has 21 heavy (non-hydrogen) atoms. The molecule has 1 saturated carbocycles. The van der Waals surface area contributed by atoms with Crippen LogP contribution in [-0.2, 0) is 11.2 Å². The zero-order chi connectivity index (χ0) is 15.3. The van der Waals surface area contributed by atoms with Gasteiger partial charge >= 0.3 is 0 Å². The minimum atomic E-state index is -0.369. The Labute approximate surface area is 128 Å². The minimum absolute atomic E-state index is 0.112. The highest BCUT2D eigenvalue weighted by Gasteiger charge is 2.39. The van der Waals surface area contributed by atoms with Crippen LogP contribution in [-0.4, -0.2) is 12.5 Å². The van der Waals surface area contributed by atoms with Crippen molar-refractivity contribution in [2.75, 3.05) is 11.9 Å². The van der Waals surface area contributed by atoms with Crippen LogP contribution >= 0.6 is 0 Å². The molecular formula is C18H28N2O. The monoisotopic (exact) mass is 288 g/mol. The van der Waals surface area contributed by atoms with Crippen molar-refractivity contribution < 1.29 is 4.79 Å². The molecule has 1 aromatic carbocycles. The molecule has 1 amide bonds. The Morgan fingerprint density at radius 2 is 2.00 bits per heavy atom. The van der Waals surface area contributed by atoms with E-state index in [1.54, 1.807) is 0 Å². The molecule has 0 unspecified atom stereocenters. The molecule has 0 atom stereocenters. The van der Waals surface area contributed by atoms with E-state index in [9.17, 15) is 4.79 Å². The molecule has 1 aromatic rings. The number of hydrogen-bond acceptors (Lipinski definition) is 2. The zero-order valence-corrected chi connectivity index (χ0v) is 13.3. The van der Waals surface area contributed by atoms with Crippen LogP contribution in [0.3, 0.4) is 0 Å². The Morgan fingerprint density at radius 1 is 1.33 bits per heavy atom. The lowest BCUT2D eigenvalue weighted by atomic mass is 9.70. The van der Waals surface area contributed by atoms with Crippen molar-refractivity contribution in [3.63, 3.8) is 0 Å². The van der Waals surface area contributed by atoms with Gasteiger partial charge in [0.1, 0.15) is 0 Å². The third-order valence-electron chi connectivity index (χ3n) is 4.89. The maximum atomic E-state index is 12.8. The van der Waals surface area contributed by atoms with Crippen LogP contribution in [0.5, 0.6) is 0 Å². The summed E-state index contributed by atoms with van der Waals surface area (Å²) in [4.78, 5) is 12.8. The maximum Gasteiger partial charge on any atom is 0.231 e. The van der Waals surface area contributed by atoms with E-state index in [1.807, 2.05) is 18.2 Å². The number of hydrogen-bond donors (Lipinski definition) is 2. The third-order valence-corrected chi connectivity index (χ3v) is 4.89. The number of anilines is 1. The lowest BCUT2D eigenvalue weighted by Gasteiger charge is -2.37. The number of aryl methyl sites for hydroxylation is 1. The lowest BCUT2D eigenvalue weighted by molar-refractivity contribution is -0.127. The summed E-state index contributed by atoms with van der Waals surface area (Å²) in [6, 6.07) is 8.10. The highest BCUT2D eigenvalue weighted by Crippen LogP contribution is 2.39. The van der Waals surface area contributed by atoms with E-state index in [0.29, 0.717) is 12.5 Å². The number of nitrogens with one attached hydrogen (secondary N) is 1. The first-order chi connectivity index (χ1) is 10.1. The van der Waals surface area contributed by atoms with Crippen LogP contribution in [0.1, 0.15) is 51.5 Å². The van der Waals surface area contributed by atoms with Crippen LogP contribution in [0, 0.1) is 11.3 Å². The average molecular weight is 288 g/mol. The zero-order valence-electron chi connectivity index (χ0n) is 13.3. The fourth-order valence-electron chi connectivity index (χ4n) is 3.22.